The van der Waals surface area contributed by atoms with Gasteiger partial charge in [-0.2, -0.15) is 0 Å². The van der Waals surface area contributed by atoms with Gasteiger partial charge in [-0.3, -0.25) is 9.59 Å². The van der Waals surface area contributed by atoms with Gasteiger partial charge in [0.25, 0.3) is 0 Å². The van der Waals surface area contributed by atoms with Crippen molar-refractivity contribution in [3.05, 3.63) is 55.1 Å². The Bertz CT molecular complexity index is 539. The molecule has 0 radical (unpaired) electrons. The molecule has 0 saturated heterocycles. The Labute approximate surface area is 123 Å². The Hall–Kier alpha value is -2.24. The third-order valence-electron chi connectivity index (χ3n) is 2.89. The molecule has 0 heterocycles. The number of anilines is 1. The molecule has 0 saturated carbocycles. The molecule has 1 rings (SSSR count). The van der Waals surface area contributed by atoms with E-state index < -0.39 is 12.3 Å². The van der Waals surface area contributed by atoms with Crippen LogP contribution in [0.4, 0.5) is 5.69 Å². The zero-order valence-corrected chi connectivity index (χ0v) is 11.7. The minimum Gasteiger partial charge on any atom is -0.388 e. The minimum absolute atomic E-state index is 0.0934. The van der Waals surface area contributed by atoms with Crippen LogP contribution < -0.4 is 5.32 Å². The van der Waals surface area contributed by atoms with Gasteiger partial charge in [-0.1, -0.05) is 31.4 Å². The van der Waals surface area contributed by atoms with E-state index in [0.717, 1.165) is 12.2 Å². The number of allylic oxidation sites excluding steroid dienone is 2. The Morgan fingerprint density at radius 3 is 2.29 bits per heavy atom. The van der Waals surface area contributed by atoms with E-state index in [1.54, 1.807) is 24.3 Å². The number of ketones is 2. The first kappa shape index (κ1) is 16.8. The molecule has 0 amide bonds. The lowest BCUT2D eigenvalue weighted by atomic mass is 10.0. The number of nitrogens with one attached hydrogen (secondary N) is 1. The molecule has 3 N–H and O–H groups in total. The van der Waals surface area contributed by atoms with Crippen molar-refractivity contribution in [2.24, 2.45) is 0 Å². The second kappa shape index (κ2) is 8.14. The largest absolute Gasteiger partial charge is 0.388 e. The fraction of sp³-hybridized carbons (Fsp3) is 0.250. The van der Waals surface area contributed by atoms with Crippen LogP contribution in [0.1, 0.15) is 24.5 Å². The van der Waals surface area contributed by atoms with Crippen molar-refractivity contribution in [2.75, 3.05) is 5.32 Å². The quantitative estimate of drug-likeness (QED) is 0.476. The van der Waals surface area contributed by atoms with E-state index in [0.29, 0.717) is 11.3 Å². The van der Waals surface area contributed by atoms with E-state index in [9.17, 15) is 19.8 Å². The Morgan fingerprint density at radius 2 is 1.67 bits per heavy atom. The molecule has 2 unspecified atom stereocenters. The smallest absolute Gasteiger partial charge is 0.159 e. The Balaban J connectivity index is 2.83. The summed E-state index contributed by atoms with van der Waals surface area (Å²) in [4.78, 5) is 22.5. The molecule has 21 heavy (non-hydrogen) atoms. The summed E-state index contributed by atoms with van der Waals surface area (Å²) in [7, 11) is 0. The molecule has 1 aromatic carbocycles. The van der Waals surface area contributed by atoms with Crippen LogP contribution >= 0.6 is 0 Å². The summed E-state index contributed by atoms with van der Waals surface area (Å²) >= 11 is 0. The zero-order valence-electron chi connectivity index (χ0n) is 11.7. The number of hydrogen-bond donors (Lipinski definition) is 3. The normalized spacial score (nSPS) is 13.0. The highest BCUT2D eigenvalue weighted by atomic mass is 16.3. The van der Waals surface area contributed by atoms with Gasteiger partial charge in [0.1, 0.15) is 6.23 Å². The van der Waals surface area contributed by atoms with Gasteiger partial charge in [0, 0.05) is 17.7 Å². The molecule has 0 spiro atoms. The van der Waals surface area contributed by atoms with Gasteiger partial charge in [0.05, 0.1) is 12.5 Å². The number of hydrogen-bond acceptors (Lipinski definition) is 5. The first-order valence-electron chi connectivity index (χ1n) is 6.50. The van der Waals surface area contributed by atoms with Crippen molar-refractivity contribution in [3.63, 3.8) is 0 Å². The van der Waals surface area contributed by atoms with Crippen LogP contribution in [-0.4, -0.2) is 28.0 Å². The average Bonchev–Trinajstić information content (AvgIpc) is 2.47. The van der Waals surface area contributed by atoms with Crippen LogP contribution in [0, 0.1) is 0 Å². The highest BCUT2D eigenvalue weighted by molar-refractivity contribution is 5.90. The van der Waals surface area contributed by atoms with Crippen molar-refractivity contribution in [1.82, 2.24) is 0 Å². The van der Waals surface area contributed by atoms with Gasteiger partial charge >= 0.3 is 0 Å². The molecular weight excluding hydrogens is 270 g/mol. The van der Waals surface area contributed by atoms with Crippen molar-refractivity contribution >= 4 is 17.3 Å². The molecule has 0 aliphatic rings. The van der Waals surface area contributed by atoms with Gasteiger partial charge < -0.3 is 15.5 Å². The van der Waals surface area contributed by atoms with E-state index in [2.05, 4.69) is 18.5 Å². The van der Waals surface area contributed by atoms with Gasteiger partial charge in [0.2, 0.25) is 0 Å². The Morgan fingerprint density at radius 1 is 1.10 bits per heavy atom. The molecule has 0 aromatic heterocycles. The first-order valence-corrected chi connectivity index (χ1v) is 6.50. The van der Waals surface area contributed by atoms with E-state index >= 15 is 0 Å². The lowest BCUT2D eigenvalue weighted by Crippen LogP contribution is -2.23. The fourth-order valence-corrected chi connectivity index (χ4v) is 1.81. The highest BCUT2D eigenvalue weighted by Crippen LogP contribution is 2.26. The molecule has 2 atom stereocenters. The van der Waals surface area contributed by atoms with E-state index in [1.165, 1.54) is 0 Å². The molecular formula is C16H19NO4. The first-order chi connectivity index (χ1) is 9.97. The lowest BCUT2D eigenvalue weighted by molar-refractivity contribution is -0.117. The molecule has 5 nitrogen and oxygen atoms in total. The monoisotopic (exact) mass is 289 g/mol. The SMILES string of the molecule is C=CC(=O)CC(O)Nc1ccccc1C(O)CC(=O)C=C. The van der Waals surface area contributed by atoms with Gasteiger partial charge in [-0.25, -0.2) is 0 Å². The molecule has 0 bridgehead atoms. The fourth-order valence-electron chi connectivity index (χ4n) is 1.81. The number of benzene rings is 1. The summed E-state index contributed by atoms with van der Waals surface area (Å²) in [6.45, 7) is 6.69. The zero-order chi connectivity index (χ0) is 15.8. The summed E-state index contributed by atoms with van der Waals surface area (Å²) in [5.74, 6) is -0.574. The van der Waals surface area contributed by atoms with Crippen molar-refractivity contribution < 1.29 is 19.8 Å². The van der Waals surface area contributed by atoms with Crippen LogP contribution in [0.3, 0.4) is 0 Å². The van der Waals surface area contributed by atoms with Gasteiger partial charge in [-0.15, -0.1) is 0 Å². The van der Waals surface area contributed by atoms with Crippen LogP contribution in [0.25, 0.3) is 0 Å². The number of aliphatic hydroxyl groups excluding tert-OH is 2. The predicted octanol–water partition coefficient (Wildman–Crippen LogP) is 1.74. The number of carbonyl (C=O) groups excluding carboxylic acids is 2. The maximum absolute atomic E-state index is 11.3. The van der Waals surface area contributed by atoms with Crippen LogP contribution in [0.15, 0.2) is 49.6 Å². The highest BCUT2D eigenvalue weighted by Gasteiger charge is 2.16. The second-order valence-corrected chi connectivity index (χ2v) is 4.51. The van der Waals surface area contributed by atoms with Crippen molar-refractivity contribution in [3.8, 4) is 0 Å². The van der Waals surface area contributed by atoms with Crippen LogP contribution in [0.5, 0.6) is 0 Å². The lowest BCUT2D eigenvalue weighted by Gasteiger charge is -2.19. The molecule has 0 aliphatic heterocycles. The van der Waals surface area contributed by atoms with E-state index in [4.69, 9.17) is 0 Å². The molecule has 112 valence electrons. The third kappa shape index (κ3) is 5.33. The minimum atomic E-state index is -1.10. The summed E-state index contributed by atoms with van der Waals surface area (Å²) in [5, 5.41) is 22.6. The number of rotatable bonds is 9. The topological polar surface area (TPSA) is 86.6 Å². The standard InChI is InChI=1S/C16H19NO4/c1-3-11(18)9-15(20)13-7-5-6-8-14(13)17-16(21)10-12(19)4-2/h3-8,15-17,20-21H,1-2,9-10H2. The van der Waals surface area contributed by atoms with Gasteiger partial charge in [0.15, 0.2) is 11.6 Å². The number of carbonyl (C=O) groups is 2. The maximum Gasteiger partial charge on any atom is 0.159 e. The van der Waals surface area contributed by atoms with E-state index in [-0.39, 0.29) is 24.4 Å². The molecule has 0 fully saturated rings. The summed E-state index contributed by atoms with van der Waals surface area (Å²) in [6.07, 6.45) is -0.0465. The van der Waals surface area contributed by atoms with Crippen molar-refractivity contribution in [2.45, 2.75) is 25.2 Å². The van der Waals surface area contributed by atoms with Crippen molar-refractivity contribution in [1.29, 1.82) is 0 Å². The number of aliphatic hydroxyl groups is 2. The Kier molecular flexibility index (Phi) is 6.52. The summed E-state index contributed by atoms with van der Waals surface area (Å²) in [5.41, 5.74) is 0.934. The van der Waals surface area contributed by atoms with Crippen LogP contribution in [-0.2, 0) is 9.59 Å². The molecule has 0 aliphatic carbocycles. The summed E-state index contributed by atoms with van der Waals surface area (Å²) < 4.78 is 0. The van der Waals surface area contributed by atoms with E-state index in [1.807, 2.05) is 0 Å². The predicted molar refractivity (Wildman–Crippen MR) is 80.7 cm³/mol. The number of para-hydroxylation sites is 1. The summed E-state index contributed by atoms with van der Waals surface area (Å²) in [6, 6.07) is 6.73. The van der Waals surface area contributed by atoms with Gasteiger partial charge in [-0.05, 0) is 18.2 Å². The molecule has 5 heteroatoms. The third-order valence-corrected chi connectivity index (χ3v) is 2.89. The average molecular weight is 289 g/mol. The maximum atomic E-state index is 11.3. The second-order valence-electron chi connectivity index (χ2n) is 4.51. The van der Waals surface area contributed by atoms with Crippen LogP contribution in [0.2, 0.25) is 0 Å². The molecule has 1 aromatic rings.